The van der Waals surface area contributed by atoms with E-state index in [0.29, 0.717) is 11.7 Å². The number of hydrogen-bond donors (Lipinski definition) is 0. The average Bonchev–Trinajstić information content (AvgIpc) is 2.34. The Morgan fingerprint density at radius 2 is 1.89 bits per heavy atom. The Kier molecular flexibility index (Phi) is 5.19. The fourth-order valence-corrected chi connectivity index (χ4v) is 3.43. The van der Waals surface area contributed by atoms with Gasteiger partial charge in [-0.1, -0.05) is 6.42 Å². The first-order valence-corrected chi connectivity index (χ1v) is 7.55. The number of carbonyl (C=O) groups excluding carboxylic acids is 1. The summed E-state index contributed by atoms with van der Waals surface area (Å²) in [5.41, 5.74) is 0. The molecular weight excluding hydrogens is 224 g/mol. The normalized spacial score (nSPS) is 27.9. The Morgan fingerprint density at radius 1 is 1.17 bits per heavy atom. The van der Waals surface area contributed by atoms with Crippen molar-refractivity contribution in [3.8, 4) is 0 Å². The molecule has 1 aliphatic carbocycles. The lowest BCUT2D eigenvalue weighted by molar-refractivity contribution is -0.125. The van der Waals surface area contributed by atoms with Crippen LogP contribution in [0.5, 0.6) is 0 Å². The predicted octanol–water partition coefficient (Wildman–Crippen LogP) is 2.02. The quantitative estimate of drug-likeness (QED) is 0.765. The Morgan fingerprint density at radius 3 is 2.50 bits per heavy atom. The summed E-state index contributed by atoms with van der Waals surface area (Å²) < 4.78 is 0. The van der Waals surface area contributed by atoms with Gasteiger partial charge in [0.1, 0.15) is 5.78 Å². The molecule has 3 heteroatoms. The van der Waals surface area contributed by atoms with E-state index in [4.69, 9.17) is 0 Å². The molecule has 1 saturated carbocycles. The molecule has 0 radical (unpaired) electrons. The number of ketones is 1. The van der Waals surface area contributed by atoms with E-state index in [1.54, 1.807) is 0 Å². The lowest BCUT2D eigenvalue weighted by atomic mass is 9.86. The van der Waals surface area contributed by atoms with E-state index >= 15 is 0 Å². The van der Waals surface area contributed by atoms with Crippen molar-refractivity contribution >= 4 is 5.78 Å². The molecule has 18 heavy (non-hydrogen) atoms. The third kappa shape index (κ3) is 4.06. The highest BCUT2D eigenvalue weighted by Gasteiger charge is 2.26. The van der Waals surface area contributed by atoms with E-state index in [2.05, 4.69) is 23.9 Å². The summed E-state index contributed by atoms with van der Waals surface area (Å²) in [5, 5.41) is 0. The number of hydrogen-bond acceptors (Lipinski definition) is 3. The van der Waals surface area contributed by atoms with Crippen LogP contribution in [0.15, 0.2) is 0 Å². The van der Waals surface area contributed by atoms with Crippen molar-refractivity contribution in [1.82, 2.24) is 9.80 Å². The molecule has 104 valence electrons. The number of carbonyl (C=O) groups is 1. The van der Waals surface area contributed by atoms with Gasteiger partial charge in [0.05, 0.1) is 0 Å². The van der Waals surface area contributed by atoms with Crippen LogP contribution in [0.1, 0.15) is 38.5 Å². The molecule has 1 saturated heterocycles. The fraction of sp³-hybridized carbons (Fsp3) is 0.933. The van der Waals surface area contributed by atoms with Crippen molar-refractivity contribution in [3.05, 3.63) is 0 Å². The van der Waals surface area contributed by atoms with Crippen LogP contribution in [-0.4, -0.2) is 55.9 Å². The van der Waals surface area contributed by atoms with Gasteiger partial charge in [0.25, 0.3) is 0 Å². The lowest BCUT2D eigenvalue weighted by Crippen LogP contribution is -2.41. The van der Waals surface area contributed by atoms with Crippen LogP contribution < -0.4 is 0 Å². The maximum absolute atomic E-state index is 11.8. The molecular formula is C15H28N2O. The summed E-state index contributed by atoms with van der Waals surface area (Å²) in [5.74, 6) is 1.74. The molecule has 0 N–H and O–H groups in total. The molecule has 2 aliphatic rings. The van der Waals surface area contributed by atoms with Crippen LogP contribution in [-0.2, 0) is 4.79 Å². The van der Waals surface area contributed by atoms with Crippen molar-refractivity contribution in [1.29, 1.82) is 0 Å². The summed E-state index contributed by atoms with van der Waals surface area (Å²) >= 11 is 0. The number of piperidine rings is 1. The van der Waals surface area contributed by atoms with Crippen LogP contribution in [0.2, 0.25) is 0 Å². The van der Waals surface area contributed by atoms with E-state index in [0.717, 1.165) is 31.7 Å². The SMILES string of the molecule is CN(C)CC1CCN(CC2CCCCC2=O)CC1. The van der Waals surface area contributed by atoms with E-state index in [-0.39, 0.29) is 0 Å². The molecule has 1 heterocycles. The molecule has 1 atom stereocenters. The van der Waals surface area contributed by atoms with Crippen LogP contribution in [0, 0.1) is 11.8 Å². The van der Waals surface area contributed by atoms with Crippen molar-refractivity contribution in [2.45, 2.75) is 38.5 Å². The number of likely N-dealkylation sites (tertiary alicyclic amines) is 1. The second-order valence-electron chi connectivity index (χ2n) is 6.42. The van der Waals surface area contributed by atoms with Crippen molar-refractivity contribution < 1.29 is 4.79 Å². The van der Waals surface area contributed by atoms with E-state index in [9.17, 15) is 4.79 Å². The number of Topliss-reactive ketones (excluding diaryl/α,β-unsaturated/α-hetero) is 1. The lowest BCUT2D eigenvalue weighted by Gasteiger charge is -2.35. The second kappa shape index (κ2) is 6.67. The molecule has 1 aliphatic heterocycles. The van der Waals surface area contributed by atoms with Crippen LogP contribution in [0.4, 0.5) is 0 Å². The summed E-state index contributed by atoms with van der Waals surface area (Å²) in [6.07, 6.45) is 6.96. The van der Waals surface area contributed by atoms with Crippen LogP contribution in [0.25, 0.3) is 0 Å². The van der Waals surface area contributed by atoms with Gasteiger partial charge in [0.15, 0.2) is 0 Å². The van der Waals surface area contributed by atoms with Crippen LogP contribution >= 0.6 is 0 Å². The highest BCUT2D eigenvalue weighted by molar-refractivity contribution is 5.81. The highest BCUT2D eigenvalue weighted by Crippen LogP contribution is 2.24. The molecule has 1 unspecified atom stereocenters. The van der Waals surface area contributed by atoms with Gasteiger partial charge in [-0.05, 0) is 58.8 Å². The maximum atomic E-state index is 11.8. The van der Waals surface area contributed by atoms with E-state index in [1.165, 1.54) is 38.9 Å². The molecule has 0 aromatic heterocycles. The summed E-state index contributed by atoms with van der Waals surface area (Å²) in [6, 6.07) is 0. The summed E-state index contributed by atoms with van der Waals surface area (Å²) in [7, 11) is 4.32. The van der Waals surface area contributed by atoms with Gasteiger partial charge in [-0.3, -0.25) is 4.79 Å². The minimum atomic E-state index is 0.351. The first-order chi connectivity index (χ1) is 8.65. The average molecular weight is 252 g/mol. The molecule has 0 aromatic carbocycles. The molecule has 0 bridgehead atoms. The van der Waals surface area contributed by atoms with Crippen molar-refractivity contribution in [2.24, 2.45) is 11.8 Å². The Balaban J connectivity index is 1.71. The van der Waals surface area contributed by atoms with Crippen molar-refractivity contribution in [3.63, 3.8) is 0 Å². The van der Waals surface area contributed by atoms with Gasteiger partial charge in [0.2, 0.25) is 0 Å². The van der Waals surface area contributed by atoms with E-state index in [1.807, 2.05) is 0 Å². The topological polar surface area (TPSA) is 23.6 Å². The van der Waals surface area contributed by atoms with Crippen molar-refractivity contribution in [2.75, 3.05) is 40.3 Å². The van der Waals surface area contributed by atoms with E-state index < -0.39 is 0 Å². The molecule has 3 nitrogen and oxygen atoms in total. The summed E-state index contributed by atoms with van der Waals surface area (Å²) in [6.45, 7) is 4.65. The molecule has 0 spiro atoms. The first-order valence-electron chi connectivity index (χ1n) is 7.55. The summed E-state index contributed by atoms with van der Waals surface area (Å²) in [4.78, 5) is 16.7. The molecule has 0 aromatic rings. The smallest absolute Gasteiger partial charge is 0.137 e. The Labute approximate surface area is 112 Å². The number of rotatable bonds is 4. The van der Waals surface area contributed by atoms with Gasteiger partial charge >= 0.3 is 0 Å². The largest absolute Gasteiger partial charge is 0.309 e. The minimum absolute atomic E-state index is 0.351. The second-order valence-corrected chi connectivity index (χ2v) is 6.42. The molecule has 2 fully saturated rings. The minimum Gasteiger partial charge on any atom is -0.309 e. The number of nitrogens with zero attached hydrogens (tertiary/aromatic N) is 2. The standard InChI is InChI=1S/C15H28N2O/c1-16(2)11-13-7-9-17(10-8-13)12-14-5-3-4-6-15(14)18/h13-14H,3-12H2,1-2H3. The third-order valence-electron chi connectivity index (χ3n) is 4.49. The zero-order chi connectivity index (χ0) is 13.0. The first kappa shape index (κ1) is 14.0. The maximum Gasteiger partial charge on any atom is 0.137 e. The van der Waals surface area contributed by atoms with Gasteiger partial charge < -0.3 is 9.80 Å². The molecule has 2 rings (SSSR count). The fourth-order valence-electron chi connectivity index (χ4n) is 3.43. The molecule has 0 amide bonds. The van der Waals surface area contributed by atoms with Gasteiger partial charge in [-0.2, -0.15) is 0 Å². The van der Waals surface area contributed by atoms with Gasteiger partial charge in [-0.25, -0.2) is 0 Å². The van der Waals surface area contributed by atoms with Gasteiger partial charge in [0, 0.05) is 25.4 Å². The monoisotopic (exact) mass is 252 g/mol. The highest BCUT2D eigenvalue weighted by atomic mass is 16.1. The Bertz CT molecular complexity index is 270. The van der Waals surface area contributed by atoms with Crippen LogP contribution in [0.3, 0.4) is 0 Å². The van der Waals surface area contributed by atoms with Gasteiger partial charge in [-0.15, -0.1) is 0 Å². The zero-order valence-corrected chi connectivity index (χ0v) is 12.0. The third-order valence-corrected chi connectivity index (χ3v) is 4.49. The predicted molar refractivity (Wildman–Crippen MR) is 74.7 cm³/mol. The Hall–Kier alpha value is -0.410. The zero-order valence-electron chi connectivity index (χ0n) is 12.0.